The Hall–Kier alpha value is -0.550. The van der Waals surface area contributed by atoms with E-state index in [4.69, 9.17) is 10.5 Å². The Labute approximate surface area is 108 Å². The van der Waals surface area contributed by atoms with Crippen LogP contribution in [0.25, 0.3) is 0 Å². The number of ether oxygens (including phenoxy) is 1. The van der Waals surface area contributed by atoms with Crippen LogP contribution in [0.5, 0.6) is 0 Å². The highest BCUT2D eigenvalue weighted by atomic mass is 32.2. The van der Waals surface area contributed by atoms with Crippen LogP contribution in [0.2, 0.25) is 0 Å². The molecule has 0 saturated carbocycles. The first-order valence-corrected chi connectivity index (χ1v) is 7.04. The Morgan fingerprint density at radius 1 is 1.35 bits per heavy atom. The standard InChI is InChI=1S/C13H22N2OS/c1-10(16-2)9-15-13(8-14)11-4-6-12(17-3)7-5-11/h4-7,10,13,15H,8-9,14H2,1-3H3. The van der Waals surface area contributed by atoms with Crippen molar-refractivity contribution in [3.63, 3.8) is 0 Å². The summed E-state index contributed by atoms with van der Waals surface area (Å²) in [4.78, 5) is 1.27. The van der Waals surface area contributed by atoms with Crippen molar-refractivity contribution in [3.05, 3.63) is 29.8 Å². The molecule has 3 nitrogen and oxygen atoms in total. The number of nitrogens with one attached hydrogen (secondary N) is 1. The molecule has 2 unspecified atom stereocenters. The molecule has 1 rings (SSSR count). The molecule has 0 fully saturated rings. The van der Waals surface area contributed by atoms with Crippen LogP contribution in [-0.4, -0.2) is 32.6 Å². The predicted molar refractivity (Wildman–Crippen MR) is 74.5 cm³/mol. The summed E-state index contributed by atoms with van der Waals surface area (Å²) in [6.45, 7) is 3.44. The smallest absolute Gasteiger partial charge is 0.0667 e. The molecule has 0 radical (unpaired) electrons. The number of benzene rings is 1. The van der Waals surface area contributed by atoms with Gasteiger partial charge >= 0.3 is 0 Å². The van der Waals surface area contributed by atoms with E-state index in [0.717, 1.165) is 6.54 Å². The zero-order valence-corrected chi connectivity index (χ0v) is 11.6. The van der Waals surface area contributed by atoms with Crippen molar-refractivity contribution >= 4 is 11.8 Å². The van der Waals surface area contributed by atoms with Crippen molar-refractivity contribution in [3.8, 4) is 0 Å². The van der Waals surface area contributed by atoms with Crippen LogP contribution in [0.3, 0.4) is 0 Å². The van der Waals surface area contributed by atoms with E-state index in [1.54, 1.807) is 18.9 Å². The van der Waals surface area contributed by atoms with Gasteiger partial charge in [-0.25, -0.2) is 0 Å². The van der Waals surface area contributed by atoms with Gasteiger partial charge in [-0.3, -0.25) is 0 Å². The Morgan fingerprint density at radius 3 is 2.47 bits per heavy atom. The van der Waals surface area contributed by atoms with Gasteiger partial charge in [0.05, 0.1) is 6.10 Å². The van der Waals surface area contributed by atoms with Gasteiger partial charge in [0.2, 0.25) is 0 Å². The van der Waals surface area contributed by atoms with Crippen molar-refractivity contribution in [2.75, 3.05) is 26.5 Å². The normalized spacial score (nSPS) is 14.6. The molecule has 0 heterocycles. The molecule has 1 aromatic rings. The fourth-order valence-corrected chi connectivity index (χ4v) is 1.97. The number of nitrogens with two attached hydrogens (primary N) is 1. The van der Waals surface area contributed by atoms with Gasteiger partial charge in [0.25, 0.3) is 0 Å². The van der Waals surface area contributed by atoms with Gasteiger partial charge in [-0.2, -0.15) is 0 Å². The first-order chi connectivity index (χ1) is 8.21. The van der Waals surface area contributed by atoms with E-state index in [1.807, 2.05) is 6.92 Å². The Bertz CT molecular complexity index is 316. The first kappa shape index (κ1) is 14.5. The third-order valence-electron chi connectivity index (χ3n) is 2.81. The van der Waals surface area contributed by atoms with Crippen LogP contribution in [-0.2, 0) is 4.74 Å². The predicted octanol–water partition coefficient (Wildman–Crippen LogP) is 2.03. The van der Waals surface area contributed by atoms with Crippen LogP contribution in [0, 0.1) is 0 Å². The number of methoxy groups -OCH3 is 1. The summed E-state index contributed by atoms with van der Waals surface area (Å²) < 4.78 is 5.21. The summed E-state index contributed by atoms with van der Waals surface area (Å²) >= 11 is 1.75. The largest absolute Gasteiger partial charge is 0.380 e. The maximum absolute atomic E-state index is 5.79. The monoisotopic (exact) mass is 254 g/mol. The van der Waals surface area contributed by atoms with Gasteiger partial charge in [0, 0.05) is 31.1 Å². The zero-order chi connectivity index (χ0) is 12.7. The lowest BCUT2D eigenvalue weighted by atomic mass is 10.1. The number of rotatable bonds is 7. The first-order valence-electron chi connectivity index (χ1n) is 5.81. The van der Waals surface area contributed by atoms with Gasteiger partial charge in [0.1, 0.15) is 0 Å². The summed E-state index contributed by atoms with van der Waals surface area (Å²) in [5.41, 5.74) is 7.02. The molecular formula is C13H22N2OS. The molecule has 0 spiro atoms. The van der Waals surface area contributed by atoms with E-state index in [0.29, 0.717) is 6.54 Å². The Morgan fingerprint density at radius 2 is 2.00 bits per heavy atom. The van der Waals surface area contributed by atoms with E-state index < -0.39 is 0 Å². The average molecular weight is 254 g/mol. The van der Waals surface area contributed by atoms with Crippen molar-refractivity contribution in [1.29, 1.82) is 0 Å². The third-order valence-corrected chi connectivity index (χ3v) is 3.55. The molecule has 0 amide bonds. The lowest BCUT2D eigenvalue weighted by Gasteiger charge is -2.19. The van der Waals surface area contributed by atoms with Crippen molar-refractivity contribution in [2.45, 2.75) is 24.0 Å². The summed E-state index contributed by atoms with van der Waals surface area (Å²) in [7, 11) is 1.72. The molecule has 4 heteroatoms. The van der Waals surface area contributed by atoms with Crippen molar-refractivity contribution in [1.82, 2.24) is 5.32 Å². The Kier molecular flexibility index (Phi) is 6.58. The van der Waals surface area contributed by atoms with Crippen LogP contribution in [0.1, 0.15) is 18.5 Å². The highest BCUT2D eigenvalue weighted by Gasteiger charge is 2.10. The van der Waals surface area contributed by atoms with Gasteiger partial charge < -0.3 is 15.8 Å². The second kappa shape index (κ2) is 7.71. The molecule has 2 atom stereocenters. The van der Waals surface area contributed by atoms with Crippen molar-refractivity contribution in [2.24, 2.45) is 5.73 Å². The summed E-state index contributed by atoms with van der Waals surface area (Å²) in [6.07, 6.45) is 2.28. The van der Waals surface area contributed by atoms with Gasteiger partial charge in [0.15, 0.2) is 0 Å². The molecule has 0 aliphatic heterocycles. The van der Waals surface area contributed by atoms with Gasteiger partial charge in [-0.15, -0.1) is 11.8 Å². The zero-order valence-electron chi connectivity index (χ0n) is 10.8. The topological polar surface area (TPSA) is 47.3 Å². The fourth-order valence-electron chi connectivity index (χ4n) is 1.57. The third kappa shape index (κ3) is 4.68. The molecular weight excluding hydrogens is 232 g/mol. The molecule has 0 aliphatic rings. The fraction of sp³-hybridized carbons (Fsp3) is 0.538. The molecule has 0 aliphatic carbocycles. The molecule has 1 aromatic carbocycles. The number of hydrogen-bond donors (Lipinski definition) is 2. The lowest BCUT2D eigenvalue weighted by molar-refractivity contribution is 0.114. The maximum Gasteiger partial charge on any atom is 0.0667 e. The number of hydrogen-bond acceptors (Lipinski definition) is 4. The second-order valence-corrected chi connectivity index (χ2v) is 4.90. The van der Waals surface area contributed by atoms with E-state index in [2.05, 4.69) is 35.8 Å². The highest BCUT2D eigenvalue weighted by molar-refractivity contribution is 7.98. The molecule has 0 saturated heterocycles. The molecule has 0 bridgehead atoms. The summed E-state index contributed by atoms with van der Waals surface area (Å²) in [6, 6.07) is 8.72. The van der Waals surface area contributed by atoms with Crippen LogP contribution < -0.4 is 11.1 Å². The van der Waals surface area contributed by atoms with Gasteiger partial charge in [-0.1, -0.05) is 12.1 Å². The summed E-state index contributed by atoms with van der Waals surface area (Å²) in [5, 5.41) is 3.42. The van der Waals surface area contributed by atoms with Crippen molar-refractivity contribution < 1.29 is 4.74 Å². The molecule has 96 valence electrons. The molecule has 0 aromatic heterocycles. The minimum Gasteiger partial charge on any atom is -0.380 e. The van der Waals surface area contributed by atoms with E-state index in [-0.39, 0.29) is 12.1 Å². The molecule has 3 N–H and O–H groups in total. The van der Waals surface area contributed by atoms with Crippen LogP contribution in [0.15, 0.2) is 29.2 Å². The van der Waals surface area contributed by atoms with Crippen LogP contribution >= 0.6 is 11.8 Å². The van der Waals surface area contributed by atoms with Gasteiger partial charge in [-0.05, 0) is 30.9 Å². The molecule has 17 heavy (non-hydrogen) atoms. The number of thioether (sulfide) groups is 1. The minimum absolute atomic E-state index is 0.198. The minimum atomic E-state index is 0.198. The Balaban J connectivity index is 2.59. The average Bonchev–Trinajstić information content (AvgIpc) is 2.39. The van der Waals surface area contributed by atoms with Crippen LogP contribution in [0.4, 0.5) is 0 Å². The quantitative estimate of drug-likeness (QED) is 0.731. The van der Waals surface area contributed by atoms with E-state index >= 15 is 0 Å². The second-order valence-electron chi connectivity index (χ2n) is 4.02. The van der Waals surface area contributed by atoms with E-state index in [9.17, 15) is 0 Å². The SMILES string of the molecule is COC(C)CNC(CN)c1ccc(SC)cc1. The highest BCUT2D eigenvalue weighted by Crippen LogP contribution is 2.18. The lowest BCUT2D eigenvalue weighted by Crippen LogP contribution is -2.33. The maximum atomic E-state index is 5.79. The van der Waals surface area contributed by atoms with E-state index in [1.165, 1.54) is 10.5 Å². The summed E-state index contributed by atoms with van der Waals surface area (Å²) in [5.74, 6) is 0.